The quantitative estimate of drug-likeness (QED) is 0.185. The van der Waals surface area contributed by atoms with Crippen LogP contribution in [0.15, 0.2) is 75.0 Å². The Morgan fingerprint density at radius 2 is 1.95 bits per heavy atom. The first-order valence-corrected chi connectivity index (χ1v) is 12.1. The molecule has 1 amide bonds. The van der Waals surface area contributed by atoms with Gasteiger partial charge in [0.1, 0.15) is 5.82 Å². The molecular formula is C26H22BrN5O5. The van der Waals surface area contributed by atoms with E-state index in [0.717, 1.165) is 10.0 Å². The minimum absolute atomic E-state index is 0.0650. The molecule has 0 aliphatic rings. The first-order chi connectivity index (χ1) is 17.7. The minimum Gasteiger partial charge on any atom is -0.477 e. The predicted octanol–water partition coefficient (Wildman–Crippen LogP) is 4.84. The van der Waals surface area contributed by atoms with Gasteiger partial charge in [-0.2, -0.15) is 9.78 Å². The van der Waals surface area contributed by atoms with Crippen molar-refractivity contribution in [3.05, 3.63) is 103 Å². The molecule has 188 valence electrons. The number of fused-ring (bicyclic) bond motifs is 1. The minimum atomic E-state index is -0.608. The molecule has 0 aliphatic carbocycles. The maximum atomic E-state index is 13.0. The fraction of sp³-hybridized carbons (Fsp3) is 0.154. The lowest BCUT2D eigenvalue weighted by Gasteiger charge is -2.09. The molecule has 1 N–H and O–H groups in total. The number of nitrogens with zero attached hydrogens (tertiary/aromatic N) is 4. The molecule has 0 saturated heterocycles. The molecule has 3 aromatic carbocycles. The highest BCUT2D eigenvalue weighted by molar-refractivity contribution is 9.10. The van der Waals surface area contributed by atoms with Crippen LogP contribution in [0, 0.1) is 17.0 Å². The molecule has 4 aromatic rings. The van der Waals surface area contributed by atoms with Crippen LogP contribution in [0.25, 0.3) is 10.9 Å². The van der Waals surface area contributed by atoms with Crippen LogP contribution in [0.4, 0.5) is 11.4 Å². The number of carbonyl (C=O) groups excluding carboxylic acids is 1. The van der Waals surface area contributed by atoms with E-state index in [1.807, 2.05) is 26.0 Å². The Morgan fingerprint density at radius 3 is 2.65 bits per heavy atom. The van der Waals surface area contributed by atoms with Crippen LogP contribution in [0.1, 0.15) is 23.9 Å². The van der Waals surface area contributed by atoms with Crippen molar-refractivity contribution >= 4 is 50.3 Å². The average molecular weight is 564 g/mol. The van der Waals surface area contributed by atoms with Gasteiger partial charge in [0.25, 0.3) is 11.5 Å². The predicted molar refractivity (Wildman–Crippen MR) is 144 cm³/mol. The van der Waals surface area contributed by atoms with E-state index in [1.165, 1.54) is 23.0 Å². The lowest BCUT2D eigenvalue weighted by Crippen LogP contribution is -2.22. The molecule has 0 spiro atoms. The second kappa shape index (κ2) is 11.1. The number of halogens is 1. The third kappa shape index (κ3) is 6.07. The summed E-state index contributed by atoms with van der Waals surface area (Å²) in [5, 5.41) is 19.0. The molecule has 10 nitrogen and oxygen atoms in total. The molecule has 0 saturated carbocycles. The average Bonchev–Trinajstić information content (AvgIpc) is 2.88. The number of ether oxygens (including phenoxy) is 1. The Labute approximate surface area is 219 Å². The van der Waals surface area contributed by atoms with Crippen molar-refractivity contribution in [2.45, 2.75) is 20.3 Å². The number of nitro groups is 1. The summed E-state index contributed by atoms with van der Waals surface area (Å²) in [6.45, 7) is 3.38. The number of nitrogens with one attached hydrogen (secondary N) is 1. The van der Waals surface area contributed by atoms with Gasteiger partial charge in [0.05, 0.1) is 22.0 Å². The summed E-state index contributed by atoms with van der Waals surface area (Å²) in [7, 11) is 0. The van der Waals surface area contributed by atoms with Crippen LogP contribution in [0.2, 0.25) is 0 Å². The van der Waals surface area contributed by atoms with Gasteiger partial charge in [-0.15, -0.1) is 0 Å². The van der Waals surface area contributed by atoms with Crippen molar-refractivity contribution in [3.63, 3.8) is 0 Å². The molecule has 0 bridgehead atoms. The van der Waals surface area contributed by atoms with E-state index in [4.69, 9.17) is 4.74 Å². The second-order valence-electron chi connectivity index (χ2n) is 8.09. The Kier molecular flexibility index (Phi) is 7.73. The van der Waals surface area contributed by atoms with E-state index in [0.29, 0.717) is 34.4 Å². The Balaban J connectivity index is 1.55. The lowest BCUT2D eigenvalue weighted by molar-refractivity contribution is -0.385. The summed E-state index contributed by atoms with van der Waals surface area (Å²) >= 11 is 3.36. The van der Waals surface area contributed by atoms with Crippen LogP contribution in [0.3, 0.4) is 0 Å². The first-order valence-electron chi connectivity index (χ1n) is 11.3. The number of hydrogen-bond acceptors (Lipinski definition) is 7. The van der Waals surface area contributed by atoms with E-state index in [1.54, 1.807) is 36.4 Å². The Bertz CT molecular complexity index is 1580. The summed E-state index contributed by atoms with van der Waals surface area (Å²) in [5.41, 5.74) is 1.88. The summed E-state index contributed by atoms with van der Waals surface area (Å²) in [6.07, 6.45) is 1.79. The highest BCUT2D eigenvalue weighted by Crippen LogP contribution is 2.27. The molecule has 0 unspecified atom stereocenters. The molecule has 11 heteroatoms. The topological polar surface area (TPSA) is 129 Å². The highest BCUT2D eigenvalue weighted by Gasteiger charge is 2.17. The van der Waals surface area contributed by atoms with Crippen LogP contribution in [-0.2, 0) is 11.2 Å². The number of nitro benzene ring substituents is 1. The maximum absolute atomic E-state index is 13.0. The molecule has 1 heterocycles. The number of amides is 1. The standard InChI is InChI=1S/C26H22BrN5O5/c1-3-24-30-21-10-7-18(27)13-20(21)26(34)31(24)28-14-17-6-11-23(22(12-17)32(35)36)37-15-25(33)29-19-8-4-16(2)5-9-19/h4-14H,3,15H2,1-2H3,(H,29,33). The molecule has 0 aliphatic heterocycles. The van der Waals surface area contributed by atoms with Gasteiger partial charge in [-0.1, -0.05) is 40.5 Å². The zero-order chi connectivity index (χ0) is 26.5. The van der Waals surface area contributed by atoms with Crippen molar-refractivity contribution in [3.8, 4) is 5.75 Å². The van der Waals surface area contributed by atoms with Crippen molar-refractivity contribution in [2.75, 3.05) is 11.9 Å². The Morgan fingerprint density at radius 1 is 1.19 bits per heavy atom. The van der Waals surface area contributed by atoms with Crippen molar-refractivity contribution < 1.29 is 14.5 Å². The lowest BCUT2D eigenvalue weighted by atomic mass is 10.2. The largest absolute Gasteiger partial charge is 0.477 e. The van der Waals surface area contributed by atoms with Crippen molar-refractivity contribution in [1.82, 2.24) is 9.66 Å². The molecule has 37 heavy (non-hydrogen) atoms. The fourth-order valence-electron chi connectivity index (χ4n) is 3.52. The number of aromatic nitrogens is 2. The van der Waals surface area contributed by atoms with Crippen molar-refractivity contribution in [2.24, 2.45) is 5.10 Å². The number of rotatable bonds is 8. The van der Waals surface area contributed by atoms with E-state index in [-0.39, 0.29) is 17.0 Å². The smallest absolute Gasteiger partial charge is 0.311 e. The van der Waals surface area contributed by atoms with Crippen LogP contribution in [0.5, 0.6) is 5.75 Å². The molecule has 0 fully saturated rings. The van der Waals surface area contributed by atoms with Gasteiger partial charge < -0.3 is 10.1 Å². The van der Waals surface area contributed by atoms with Gasteiger partial charge in [0, 0.05) is 28.2 Å². The SMILES string of the molecule is CCc1nc2ccc(Br)cc2c(=O)n1N=Cc1ccc(OCC(=O)Nc2ccc(C)cc2)c([N+](=O)[O-])c1. The van der Waals surface area contributed by atoms with Gasteiger partial charge in [0.2, 0.25) is 0 Å². The summed E-state index contributed by atoms with van der Waals surface area (Å²) < 4.78 is 7.34. The second-order valence-corrected chi connectivity index (χ2v) is 9.01. The number of carbonyl (C=O) groups is 1. The molecule has 0 atom stereocenters. The van der Waals surface area contributed by atoms with Gasteiger partial charge in [-0.05, 0) is 49.4 Å². The van der Waals surface area contributed by atoms with E-state index < -0.39 is 17.4 Å². The third-order valence-electron chi connectivity index (χ3n) is 5.39. The maximum Gasteiger partial charge on any atom is 0.311 e. The van der Waals surface area contributed by atoms with Crippen molar-refractivity contribution in [1.29, 1.82) is 0 Å². The molecule has 0 radical (unpaired) electrons. The summed E-state index contributed by atoms with van der Waals surface area (Å²) in [4.78, 5) is 40.8. The van der Waals surface area contributed by atoms with E-state index in [9.17, 15) is 19.7 Å². The zero-order valence-electron chi connectivity index (χ0n) is 20.0. The molecule has 4 rings (SSSR count). The number of hydrogen-bond donors (Lipinski definition) is 1. The van der Waals surface area contributed by atoms with Gasteiger partial charge in [-0.3, -0.25) is 19.7 Å². The van der Waals surface area contributed by atoms with Gasteiger partial charge >= 0.3 is 5.69 Å². The molecular weight excluding hydrogens is 542 g/mol. The zero-order valence-corrected chi connectivity index (χ0v) is 21.6. The number of benzene rings is 3. The Hall–Kier alpha value is -4.38. The number of anilines is 1. The fourth-order valence-corrected chi connectivity index (χ4v) is 3.88. The first kappa shape index (κ1) is 25.7. The van der Waals surface area contributed by atoms with Crippen LogP contribution < -0.4 is 15.6 Å². The monoisotopic (exact) mass is 563 g/mol. The molecule has 1 aromatic heterocycles. The third-order valence-corrected chi connectivity index (χ3v) is 5.88. The van der Waals surface area contributed by atoms with Crippen LogP contribution in [-0.4, -0.2) is 33.3 Å². The summed E-state index contributed by atoms with van der Waals surface area (Å²) in [6, 6.07) is 16.6. The van der Waals surface area contributed by atoms with Gasteiger partial charge in [-0.25, -0.2) is 4.98 Å². The van der Waals surface area contributed by atoms with Gasteiger partial charge in [0.15, 0.2) is 12.4 Å². The summed E-state index contributed by atoms with van der Waals surface area (Å²) in [5.74, 6) is -0.0688. The highest BCUT2D eigenvalue weighted by atomic mass is 79.9. The van der Waals surface area contributed by atoms with E-state index in [2.05, 4.69) is 31.3 Å². The number of aryl methyl sites for hydroxylation is 2. The normalized spacial score (nSPS) is 11.1. The van der Waals surface area contributed by atoms with E-state index >= 15 is 0 Å². The van der Waals surface area contributed by atoms with Crippen LogP contribution >= 0.6 is 15.9 Å².